The molecule has 28 heavy (non-hydrogen) atoms. The van der Waals surface area contributed by atoms with Crippen molar-refractivity contribution < 1.29 is 19.1 Å². The summed E-state index contributed by atoms with van der Waals surface area (Å²) in [5.41, 5.74) is 0.522. The molecule has 3 atom stereocenters. The summed E-state index contributed by atoms with van der Waals surface area (Å²) in [6.07, 6.45) is 0.100. The van der Waals surface area contributed by atoms with Crippen LogP contribution in [0.25, 0.3) is 10.8 Å². The van der Waals surface area contributed by atoms with Crippen molar-refractivity contribution in [1.82, 2.24) is 10.6 Å². The number of ketones is 1. The largest absolute Gasteiger partial charge is 0.368 e. The molecule has 148 valence electrons. The number of hydrogen-bond donors (Lipinski definition) is 2. The number of nitrogens with one attached hydrogen (secondary N) is 2. The van der Waals surface area contributed by atoms with Gasteiger partial charge in [-0.15, -0.1) is 0 Å². The smallest absolute Gasteiger partial charge is 0.252 e. The van der Waals surface area contributed by atoms with Crippen LogP contribution in [0.15, 0.2) is 42.5 Å². The highest BCUT2D eigenvalue weighted by Gasteiger charge is 2.35. The lowest BCUT2D eigenvalue weighted by molar-refractivity contribution is -0.127. The van der Waals surface area contributed by atoms with E-state index in [1.165, 1.54) is 0 Å². The van der Waals surface area contributed by atoms with E-state index < -0.39 is 12.1 Å². The highest BCUT2D eigenvalue weighted by molar-refractivity contribution is 6.08. The van der Waals surface area contributed by atoms with Crippen LogP contribution in [0, 0.1) is 5.92 Å². The SMILES string of the molecule is CC(C)C[C@H](NC(=O)c1cccc2ccccc12)C(=O)N[C@@H]1C(=O)CO[C@@H]1C. The molecule has 6 heteroatoms. The summed E-state index contributed by atoms with van der Waals surface area (Å²) < 4.78 is 5.29. The fraction of sp³-hybridized carbons (Fsp3) is 0.409. The van der Waals surface area contributed by atoms with E-state index >= 15 is 0 Å². The summed E-state index contributed by atoms with van der Waals surface area (Å²) >= 11 is 0. The summed E-state index contributed by atoms with van der Waals surface area (Å²) in [7, 11) is 0. The van der Waals surface area contributed by atoms with Crippen molar-refractivity contribution in [1.29, 1.82) is 0 Å². The van der Waals surface area contributed by atoms with Crippen LogP contribution in [-0.2, 0) is 14.3 Å². The minimum Gasteiger partial charge on any atom is -0.368 e. The summed E-state index contributed by atoms with van der Waals surface area (Å²) in [4.78, 5) is 37.7. The molecule has 3 rings (SSSR count). The number of benzene rings is 2. The van der Waals surface area contributed by atoms with Crippen molar-refractivity contribution in [2.24, 2.45) is 5.92 Å². The van der Waals surface area contributed by atoms with Crippen LogP contribution in [-0.4, -0.2) is 42.4 Å². The van der Waals surface area contributed by atoms with Crippen LogP contribution >= 0.6 is 0 Å². The van der Waals surface area contributed by atoms with E-state index in [1.54, 1.807) is 13.0 Å². The summed E-state index contributed by atoms with van der Waals surface area (Å²) in [5.74, 6) is -0.626. The molecule has 1 fully saturated rings. The average Bonchev–Trinajstić information content (AvgIpc) is 2.98. The van der Waals surface area contributed by atoms with Gasteiger partial charge in [0.2, 0.25) is 5.91 Å². The molecule has 2 N–H and O–H groups in total. The molecule has 6 nitrogen and oxygen atoms in total. The molecule has 2 aromatic carbocycles. The molecule has 0 unspecified atom stereocenters. The van der Waals surface area contributed by atoms with E-state index in [0.29, 0.717) is 12.0 Å². The van der Waals surface area contributed by atoms with Crippen molar-refractivity contribution in [3.8, 4) is 0 Å². The van der Waals surface area contributed by atoms with Gasteiger partial charge in [0.15, 0.2) is 5.78 Å². The average molecular weight is 382 g/mol. The maximum atomic E-state index is 12.9. The standard InChI is InChI=1S/C22H26N2O4/c1-13(2)11-18(22(27)24-20-14(3)28-12-19(20)25)23-21(26)17-10-6-8-15-7-4-5-9-16(15)17/h4-10,13-14,18,20H,11-12H2,1-3H3,(H,23,26)(H,24,27)/t14-,18+,20+/m1/s1. The second kappa shape index (κ2) is 8.52. The minimum absolute atomic E-state index is 0.00330. The highest BCUT2D eigenvalue weighted by Crippen LogP contribution is 2.19. The number of ether oxygens (including phenoxy) is 1. The third-order valence-corrected chi connectivity index (χ3v) is 4.97. The van der Waals surface area contributed by atoms with Gasteiger partial charge in [0.05, 0.1) is 6.10 Å². The van der Waals surface area contributed by atoms with Gasteiger partial charge in [-0.05, 0) is 36.1 Å². The number of Topliss-reactive ketones (excluding diaryl/α,β-unsaturated/α-hetero) is 1. The number of hydrogen-bond acceptors (Lipinski definition) is 4. The second-order valence-electron chi connectivity index (χ2n) is 7.65. The Kier molecular flexibility index (Phi) is 6.09. The molecular weight excluding hydrogens is 356 g/mol. The molecule has 0 radical (unpaired) electrons. The summed E-state index contributed by atoms with van der Waals surface area (Å²) in [5, 5.41) is 7.40. The van der Waals surface area contributed by atoms with Crippen molar-refractivity contribution >= 4 is 28.4 Å². The predicted octanol–water partition coefficient (Wildman–Crippen LogP) is 2.46. The molecular formula is C22H26N2O4. The minimum atomic E-state index is -0.730. The van der Waals surface area contributed by atoms with E-state index in [9.17, 15) is 14.4 Å². The monoisotopic (exact) mass is 382 g/mol. The van der Waals surface area contributed by atoms with Gasteiger partial charge in [0.1, 0.15) is 18.7 Å². The van der Waals surface area contributed by atoms with E-state index in [4.69, 9.17) is 4.74 Å². The van der Waals surface area contributed by atoms with Gasteiger partial charge in [0.25, 0.3) is 5.91 Å². The van der Waals surface area contributed by atoms with Gasteiger partial charge in [-0.25, -0.2) is 0 Å². The van der Waals surface area contributed by atoms with E-state index in [0.717, 1.165) is 10.8 Å². The first-order chi connectivity index (χ1) is 13.4. The van der Waals surface area contributed by atoms with Gasteiger partial charge in [-0.2, -0.15) is 0 Å². The first kappa shape index (κ1) is 20.0. The molecule has 2 amide bonds. The third-order valence-electron chi connectivity index (χ3n) is 4.97. The van der Waals surface area contributed by atoms with Crippen LogP contribution in [0.3, 0.4) is 0 Å². The fourth-order valence-corrected chi connectivity index (χ4v) is 3.48. The van der Waals surface area contributed by atoms with Crippen LogP contribution in [0.5, 0.6) is 0 Å². The Labute approximate surface area is 164 Å². The van der Waals surface area contributed by atoms with E-state index in [1.807, 2.05) is 50.2 Å². The molecule has 0 spiro atoms. The Balaban J connectivity index is 1.79. The summed E-state index contributed by atoms with van der Waals surface area (Å²) in [6.45, 7) is 5.72. The van der Waals surface area contributed by atoms with Gasteiger partial charge in [-0.1, -0.05) is 50.2 Å². The summed E-state index contributed by atoms with van der Waals surface area (Å²) in [6, 6.07) is 11.7. The van der Waals surface area contributed by atoms with E-state index in [-0.39, 0.29) is 36.2 Å². The van der Waals surface area contributed by atoms with Crippen molar-refractivity contribution in [2.75, 3.05) is 6.61 Å². The molecule has 0 aromatic heterocycles. The predicted molar refractivity (Wildman–Crippen MR) is 107 cm³/mol. The number of amides is 2. The molecule has 0 saturated carbocycles. The maximum Gasteiger partial charge on any atom is 0.252 e. The number of carbonyl (C=O) groups excluding carboxylic acids is 3. The Morgan fingerprint density at radius 3 is 2.54 bits per heavy atom. The zero-order chi connectivity index (χ0) is 20.3. The molecule has 0 aliphatic carbocycles. The number of carbonyl (C=O) groups is 3. The number of rotatable bonds is 6. The van der Waals surface area contributed by atoms with E-state index in [2.05, 4.69) is 10.6 Å². The zero-order valence-corrected chi connectivity index (χ0v) is 16.4. The van der Waals surface area contributed by atoms with Crippen LogP contribution < -0.4 is 10.6 Å². The van der Waals surface area contributed by atoms with Crippen molar-refractivity contribution in [3.05, 3.63) is 48.0 Å². The van der Waals surface area contributed by atoms with Gasteiger partial charge in [0, 0.05) is 5.56 Å². The highest BCUT2D eigenvalue weighted by atomic mass is 16.5. The fourth-order valence-electron chi connectivity index (χ4n) is 3.48. The van der Waals surface area contributed by atoms with Gasteiger partial charge < -0.3 is 15.4 Å². The molecule has 1 aliphatic rings. The Bertz CT molecular complexity index is 888. The maximum absolute atomic E-state index is 12.9. The normalized spacial score (nSPS) is 20.4. The first-order valence-electron chi connectivity index (χ1n) is 9.60. The molecule has 1 heterocycles. The zero-order valence-electron chi connectivity index (χ0n) is 16.4. The van der Waals surface area contributed by atoms with Crippen LogP contribution in [0.1, 0.15) is 37.6 Å². The Hall–Kier alpha value is -2.73. The third kappa shape index (κ3) is 4.39. The van der Waals surface area contributed by atoms with Crippen LogP contribution in [0.4, 0.5) is 0 Å². The molecule has 2 aromatic rings. The second-order valence-corrected chi connectivity index (χ2v) is 7.65. The van der Waals surface area contributed by atoms with Gasteiger partial charge in [-0.3, -0.25) is 14.4 Å². The molecule has 0 bridgehead atoms. The van der Waals surface area contributed by atoms with Gasteiger partial charge >= 0.3 is 0 Å². The van der Waals surface area contributed by atoms with Crippen molar-refractivity contribution in [3.63, 3.8) is 0 Å². The molecule has 1 aliphatic heterocycles. The molecule has 1 saturated heterocycles. The lowest BCUT2D eigenvalue weighted by atomic mass is 10.00. The quantitative estimate of drug-likeness (QED) is 0.804. The Morgan fingerprint density at radius 1 is 1.14 bits per heavy atom. The van der Waals surface area contributed by atoms with Crippen LogP contribution in [0.2, 0.25) is 0 Å². The first-order valence-corrected chi connectivity index (χ1v) is 9.60. The lowest BCUT2D eigenvalue weighted by Crippen LogP contribution is -2.53. The Morgan fingerprint density at radius 2 is 1.86 bits per heavy atom. The van der Waals surface area contributed by atoms with Crippen molar-refractivity contribution in [2.45, 2.75) is 45.4 Å². The number of fused-ring (bicyclic) bond motifs is 1. The topological polar surface area (TPSA) is 84.5 Å². The lowest BCUT2D eigenvalue weighted by Gasteiger charge is -2.23.